The van der Waals surface area contributed by atoms with Crippen LogP contribution in [0, 0.1) is 0 Å². The molecule has 1 heterocycles. The maximum absolute atomic E-state index is 12.4. The van der Waals surface area contributed by atoms with Crippen molar-refractivity contribution in [2.24, 2.45) is 0 Å². The lowest BCUT2D eigenvalue weighted by atomic mass is 9.95. The third kappa shape index (κ3) is 2.72. The number of hydrogen-bond donors (Lipinski definition) is 1. The highest BCUT2D eigenvalue weighted by Crippen LogP contribution is 2.22. The van der Waals surface area contributed by atoms with Gasteiger partial charge < -0.3 is 10.1 Å². The number of Topliss-reactive ketones (excluding diaryl/α,β-unsaturated/α-hetero) is 1. The Morgan fingerprint density at radius 1 is 1.44 bits per heavy atom. The van der Waals surface area contributed by atoms with Crippen LogP contribution in [0.25, 0.3) is 0 Å². The van der Waals surface area contributed by atoms with Crippen molar-refractivity contribution in [3.05, 3.63) is 29.3 Å². The molecule has 1 fully saturated rings. The van der Waals surface area contributed by atoms with E-state index in [1.54, 1.807) is 7.11 Å². The number of ether oxygens (including phenoxy) is 1. The summed E-state index contributed by atoms with van der Waals surface area (Å²) in [6.07, 6.45) is 4.14. The highest BCUT2D eigenvalue weighted by atomic mass is 16.5. The van der Waals surface area contributed by atoms with Crippen LogP contribution in [-0.2, 0) is 6.42 Å². The summed E-state index contributed by atoms with van der Waals surface area (Å²) in [4.78, 5) is 12.4. The van der Waals surface area contributed by atoms with E-state index in [1.165, 1.54) is 6.42 Å². The Kier molecular flexibility index (Phi) is 4.37. The molecule has 1 N–H and O–H groups in total. The number of aryl methyl sites for hydroxylation is 1. The number of piperidine rings is 1. The molecule has 1 aromatic rings. The Morgan fingerprint density at radius 2 is 2.28 bits per heavy atom. The lowest BCUT2D eigenvalue weighted by Crippen LogP contribution is -2.40. The van der Waals surface area contributed by atoms with Gasteiger partial charge >= 0.3 is 0 Å². The van der Waals surface area contributed by atoms with E-state index in [1.807, 2.05) is 18.2 Å². The molecule has 0 bridgehead atoms. The van der Waals surface area contributed by atoms with Crippen LogP contribution in [0.5, 0.6) is 5.75 Å². The van der Waals surface area contributed by atoms with Crippen molar-refractivity contribution in [3.8, 4) is 5.75 Å². The third-order valence-corrected chi connectivity index (χ3v) is 3.57. The number of rotatable bonds is 4. The molecule has 0 spiro atoms. The molecule has 2 rings (SSSR count). The SMILES string of the molecule is CCc1cc(C(=O)C2CCCCN2)ccc1OC. The van der Waals surface area contributed by atoms with E-state index in [9.17, 15) is 4.79 Å². The molecule has 0 saturated carbocycles. The molecular weight excluding hydrogens is 226 g/mol. The van der Waals surface area contributed by atoms with Gasteiger partial charge in [-0.3, -0.25) is 4.79 Å². The average molecular weight is 247 g/mol. The molecule has 0 aliphatic carbocycles. The zero-order chi connectivity index (χ0) is 13.0. The molecule has 3 heteroatoms. The maximum atomic E-state index is 12.4. The number of ketones is 1. The number of carbonyl (C=O) groups is 1. The van der Waals surface area contributed by atoms with E-state index in [0.29, 0.717) is 0 Å². The molecule has 0 aromatic heterocycles. The van der Waals surface area contributed by atoms with Gasteiger partial charge in [0, 0.05) is 5.56 Å². The fourth-order valence-electron chi connectivity index (χ4n) is 2.48. The number of carbonyl (C=O) groups excluding carboxylic acids is 1. The van der Waals surface area contributed by atoms with E-state index in [-0.39, 0.29) is 11.8 Å². The number of methoxy groups -OCH3 is 1. The predicted octanol–water partition coefficient (Wildman–Crippen LogP) is 2.58. The van der Waals surface area contributed by atoms with Gasteiger partial charge in [0.2, 0.25) is 0 Å². The van der Waals surface area contributed by atoms with E-state index < -0.39 is 0 Å². The summed E-state index contributed by atoms with van der Waals surface area (Å²) in [6, 6.07) is 5.74. The van der Waals surface area contributed by atoms with Crippen molar-refractivity contribution in [2.75, 3.05) is 13.7 Å². The second-order valence-corrected chi connectivity index (χ2v) is 4.75. The van der Waals surface area contributed by atoms with Crippen LogP contribution >= 0.6 is 0 Å². The maximum Gasteiger partial charge on any atom is 0.179 e. The number of hydrogen-bond acceptors (Lipinski definition) is 3. The molecule has 3 nitrogen and oxygen atoms in total. The Morgan fingerprint density at radius 3 is 2.89 bits per heavy atom. The van der Waals surface area contributed by atoms with Gasteiger partial charge in [0.05, 0.1) is 13.2 Å². The summed E-state index contributed by atoms with van der Waals surface area (Å²) in [5.41, 5.74) is 1.89. The van der Waals surface area contributed by atoms with Crippen molar-refractivity contribution in [2.45, 2.75) is 38.6 Å². The number of nitrogens with one attached hydrogen (secondary N) is 1. The van der Waals surface area contributed by atoms with Gasteiger partial charge in [-0.2, -0.15) is 0 Å². The van der Waals surface area contributed by atoms with E-state index in [4.69, 9.17) is 4.74 Å². The van der Waals surface area contributed by atoms with Crippen LogP contribution in [0.1, 0.15) is 42.1 Å². The summed E-state index contributed by atoms with van der Waals surface area (Å²) >= 11 is 0. The summed E-state index contributed by atoms with van der Waals surface area (Å²) in [5, 5.41) is 3.30. The largest absolute Gasteiger partial charge is 0.496 e. The van der Waals surface area contributed by atoms with Gasteiger partial charge in [-0.05, 0) is 49.6 Å². The third-order valence-electron chi connectivity index (χ3n) is 3.57. The van der Waals surface area contributed by atoms with Gasteiger partial charge in [-0.1, -0.05) is 13.3 Å². The van der Waals surface area contributed by atoms with E-state index >= 15 is 0 Å². The van der Waals surface area contributed by atoms with E-state index in [2.05, 4.69) is 12.2 Å². The average Bonchev–Trinajstić information content (AvgIpc) is 2.46. The molecule has 1 unspecified atom stereocenters. The second-order valence-electron chi connectivity index (χ2n) is 4.75. The van der Waals surface area contributed by atoms with Crippen LogP contribution in [0.15, 0.2) is 18.2 Å². The van der Waals surface area contributed by atoms with E-state index in [0.717, 1.165) is 42.7 Å². The first-order valence-corrected chi connectivity index (χ1v) is 6.70. The summed E-state index contributed by atoms with van der Waals surface area (Å²) in [7, 11) is 1.67. The predicted molar refractivity (Wildman–Crippen MR) is 72.3 cm³/mol. The minimum atomic E-state index is -0.00292. The highest BCUT2D eigenvalue weighted by Gasteiger charge is 2.22. The first-order valence-electron chi connectivity index (χ1n) is 6.70. The van der Waals surface area contributed by atoms with Crippen LogP contribution in [0.2, 0.25) is 0 Å². The van der Waals surface area contributed by atoms with Gasteiger partial charge in [0.15, 0.2) is 5.78 Å². The molecule has 1 aliphatic heterocycles. The summed E-state index contributed by atoms with van der Waals surface area (Å²) in [5.74, 6) is 1.08. The normalized spacial score (nSPS) is 19.6. The zero-order valence-electron chi connectivity index (χ0n) is 11.2. The van der Waals surface area contributed by atoms with Gasteiger partial charge in [-0.15, -0.1) is 0 Å². The highest BCUT2D eigenvalue weighted by molar-refractivity contribution is 6.00. The Balaban J connectivity index is 2.19. The standard InChI is InChI=1S/C15H21NO2/c1-3-11-10-12(7-8-14(11)18-2)15(17)13-6-4-5-9-16-13/h7-8,10,13,16H,3-6,9H2,1-2H3. The molecule has 0 amide bonds. The molecule has 0 radical (unpaired) electrons. The van der Waals surface area contributed by atoms with Gasteiger partial charge in [0.1, 0.15) is 5.75 Å². The molecule has 98 valence electrons. The lowest BCUT2D eigenvalue weighted by Gasteiger charge is -2.22. The van der Waals surface area contributed by atoms with Gasteiger partial charge in [-0.25, -0.2) is 0 Å². The molecule has 1 atom stereocenters. The van der Waals surface area contributed by atoms with Crippen LogP contribution < -0.4 is 10.1 Å². The van der Waals surface area contributed by atoms with Crippen molar-refractivity contribution in [1.82, 2.24) is 5.32 Å². The lowest BCUT2D eigenvalue weighted by molar-refractivity contribution is 0.0927. The minimum absolute atomic E-state index is 0.00292. The Labute approximate surface area is 109 Å². The first kappa shape index (κ1) is 13.1. The van der Waals surface area contributed by atoms with Crippen LogP contribution in [-0.4, -0.2) is 25.5 Å². The van der Waals surface area contributed by atoms with Crippen molar-refractivity contribution in [3.63, 3.8) is 0 Å². The fraction of sp³-hybridized carbons (Fsp3) is 0.533. The topological polar surface area (TPSA) is 38.3 Å². The van der Waals surface area contributed by atoms with Crippen LogP contribution in [0.3, 0.4) is 0 Å². The minimum Gasteiger partial charge on any atom is -0.496 e. The molecular formula is C15H21NO2. The van der Waals surface area contributed by atoms with Crippen molar-refractivity contribution < 1.29 is 9.53 Å². The summed E-state index contributed by atoms with van der Waals surface area (Å²) < 4.78 is 5.29. The van der Waals surface area contributed by atoms with Crippen molar-refractivity contribution in [1.29, 1.82) is 0 Å². The Hall–Kier alpha value is -1.35. The quantitative estimate of drug-likeness (QED) is 0.831. The van der Waals surface area contributed by atoms with Crippen LogP contribution in [0.4, 0.5) is 0 Å². The second kappa shape index (κ2) is 6.01. The van der Waals surface area contributed by atoms with Crippen molar-refractivity contribution >= 4 is 5.78 Å². The fourth-order valence-corrected chi connectivity index (χ4v) is 2.48. The molecule has 1 aliphatic rings. The summed E-state index contributed by atoms with van der Waals surface area (Å²) in [6.45, 7) is 3.03. The number of benzene rings is 1. The molecule has 1 saturated heterocycles. The zero-order valence-corrected chi connectivity index (χ0v) is 11.2. The molecule has 1 aromatic carbocycles. The smallest absolute Gasteiger partial charge is 0.179 e. The Bertz CT molecular complexity index is 423. The first-order chi connectivity index (χ1) is 8.76. The molecule has 18 heavy (non-hydrogen) atoms. The van der Waals surface area contributed by atoms with Gasteiger partial charge in [0.25, 0.3) is 0 Å². The monoisotopic (exact) mass is 247 g/mol.